The number of nitrogens with one attached hydrogen (secondary N) is 1. The fourth-order valence-electron chi connectivity index (χ4n) is 2.81. The molecule has 1 heterocycles. The third-order valence-electron chi connectivity index (χ3n) is 4.19. The molecule has 0 aliphatic rings. The highest BCUT2D eigenvalue weighted by Gasteiger charge is 2.15. The number of aryl methyl sites for hydroxylation is 2. The van der Waals surface area contributed by atoms with E-state index in [-0.39, 0.29) is 10.8 Å². The van der Waals surface area contributed by atoms with E-state index in [0.29, 0.717) is 30.8 Å². The number of sulfonamides is 1. The van der Waals surface area contributed by atoms with Crippen molar-refractivity contribution < 1.29 is 13.2 Å². The van der Waals surface area contributed by atoms with E-state index in [4.69, 9.17) is 5.14 Å². The molecule has 0 atom stereocenters. The first kappa shape index (κ1) is 20.4. The monoisotopic (exact) mass is 380 g/mol. The lowest BCUT2D eigenvalue weighted by Crippen LogP contribution is -2.25. The van der Waals surface area contributed by atoms with Crippen LogP contribution in [0.2, 0.25) is 0 Å². The van der Waals surface area contributed by atoms with Gasteiger partial charge in [-0.15, -0.1) is 0 Å². The molecule has 0 aliphatic carbocycles. The van der Waals surface area contributed by atoms with Crippen molar-refractivity contribution in [2.24, 2.45) is 11.1 Å². The van der Waals surface area contributed by atoms with E-state index in [2.05, 4.69) is 31.1 Å². The standard InChI is InChI=1S/C18H28N4O3S/c1-4-11-22-16-6-5-14(26(19,24)25)12-15(16)21-17(22)7-8-18(23)20-10-9-13(2)3/h5-6,12-13H,4,7-11H2,1-3H3,(H,20,23)(H2,19,24,25). The number of carbonyl (C=O) groups excluding carboxylic acids is 1. The van der Waals surface area contributed by atoms with Crippen molar-refractivity contribution in [1.82, 2.24) is 14.9 Å². The Morgan fingerprint density at radius 3 is 2.69 bits per heavy atom. The average Bonchev–Trinajstić information content (AvgIpc) is 2.89. The van der Waals surface area contributed by atoms with Gasteiger partial charge < -0.3 is 9.88 Å². The van der Waals surface area contributed by atoms with Gasteiger partial charge in [0.25, 0.3) is 0 Å². The van der Waals surface area contributed by atoms with Crippen molar-refractivity contribution in [1.29, 1.82) is 0 Å². The number of imidazole rings is 1. The van der Waals surface area contributed by atoms with Gasteiger partial charge in [0.1, 0.15) is 5.82 Å². The number of nitrogens with two attached hydrogens (primary N) is 1. The zero-order chi connectivity index (χ0) is 19.3. The number of amides is 1. The minimum atomic E-state index is -3.77. The number of fused-ring (bicyclic) bond motifs is 1. The second-order valence-corrected chi connectivity index (χ2v) is 8.47. The maximum Gasteiger partial charge on any atom is 0.238 e. The summed E-state index contributed by atoms with van der Waals surface area (Å²) in [5.41, 5.74) is 1.44. The molecular weight excluding hydrogens is 352 g/mol. The minimum Gasteiger partial charge on any atom is -0.356 e. The van der Waals surface area contributed by atoms with Crippen LogP contribution in [0.15, 0.2) is 23.1 Å². The SMILES string of the molecule is CCCn1c(CCC(=O)NCCC(C)C)nc2cc(S(N)(=O)=O)ccc21. The fourth-order valence-corrected chi connectivity index (χ4v) is 3.35. The van der Waals surface area contributed by atoms with Crippen LogP contribution in [0.3, 0.4) is 0 Å². The molecular formula is C18H28N4O3S. The number of hydrogen-bond acceptors (Lipinski definition) is 4. The third-order valence-corrected chi connectivity index (χ3v) is 5.11. The van der Waals surface area contributed by atoms with Crippen LogP contribution in [-0.4, -0.2) is 30.4 Å². The Balaban J connectivity index is 2.17. The molecule has 2 aromatic rings. The lowest BCUT2D eigenvalue weighted by Gasteiger charge is -2.09. The van der Waals surface area contributed by atoms with E-state index in [0.717, 1.165) is 30.7 Å². The first-order valence-electron chi connectivity index (χ1n) is 9.01. The first-order valence-corrected chi connectivity index (χ1v) is 10.6. The Morgan fingerprint density at radius 2 is 2.08 bits per heavy atom. The predicted molar refractivity (Wildman–Crippen MR) is 102 cm³/mol. The summed E-state index contributed by atoms with van der Waals surface area (Å²) in [6, 6.07) is 4.71. The van der Waals surface area contributed by atoms with Gasteiger partial charge in [-0.1, -0.05) is 20.8 Å². The number of benzene rings is 1. The van der Waals surface area contributed by atoms with E-state index in [1.54, 1.807) is 6.07 Å². The summed E-state index contributed by atoms with van der Waals surface area (Å²) >= 11 is 0. The maximum atomic E-state index is 12.0. The zero-order valence-corrected chi connectivity index (χ0v) is 16.5. The van der Waals surface area contributed by atoms with Gasteiger partial charge in [-0.05, 0) is 37.0 Å². The van der Waals surface area contributed by atoms with Crippen molar-refractivity contribution in [2.45, 2.75) is 57.9 Å². The van der Waals surface area contributed by atoms with E-state index >= 15 is 0 Å². The summed E-state index contributed by atoms with van der Waals surface area (Å²) in [4.78, 5) is 16.6. The van der Waals surface area contributed by atoms with Crippen molar-refractivity contribution in [2.75, 3.05) is 6.54 Å². The average molecular weight is 381 g/mol. The van der Waals surface area contributed by atoms with Gasteiger partial charge >= 0.3 is 0 Å². The van der Waals surface area contributed by atoms with Gasteiger partial charge in [0, 0.05) is 25.9 Å². The van der Waals surface area contributed by atoms with Crippen molar-refractivity contribution >= 4 is 27.0 Å². The van der Waals surface area contributed by atoms with E-state index in [1.165, 1.54) is 12.1 Å². The normalized spacial score (nSPS) is 12.0. The molecule has 0 aliphatic heterocycles. The molecule has 2 rings (SSSR count). The Labute approximate surface area is 155 Å². The minimum absolute atomic E-state index is 0.00554. The predicted octanol–water partition coefficient (Wildman–Crippen LogP) is 2.19. The van der Waals surface area contributed by atoms with E-state index in [9.17, 15) is 13.2 Å². The molecule has 8 heteroatoms. The molecule has 0 bridgehead atoms. The summed E-state index contributed by atoms with van der Waals surface area (Å²) in [6.07, 6.45) is 2.73. The van der Waals surface area contributed by atoms with Crippen molar-refractivity contribution in [3.05, 3.63) is 24.0 Å². The Hall–Kier alpha value is -1.93. The molecule has 0 fully saturated rings. The molecule has 1 aromatic carbocycles. The molecule has 0 unspecified atom stereocenters. The molecule has 1 amide bonds. The molecule has 144 valence electrons. The number of hydrogen-bond donors (Lipinski definition) is 2. The van der Waals surface area contributed by atoms with Crippen LogP contribution in [-0.2, 0) is 27.8 Å². The molecule has 1 aromatic heterocycles. The topological polar surface area (TPSA) is 107 Å². The summed E-state index contributed by atoms with van der Waals surface area (Å²) < 4.78 is 25.1. The van der Waals surface area contributed by atoms with Crippen LogP contribution >= 0.6 is 0 Å². The summed E-state index contributed by atoms with van der Waals surface area (Å²) in [5.74, 6) is 1.34. The van der Waals surface area contributed by atoms with Crippen LogP contribution in [0.4, 0.5) is 0 Å². The number of carbonyl (C=O) groups is 1. The number of primary sulfonamides is 1. The smallest absolute Gasteiger partial charge is 0.238 e. The first-order chi connectivity index (χ1) is 12.2. The van der Waals surface area contributed by atoms with Crippen LogP contribution in [0.5, 0.6) is 0 Å². The van der Waals surface area contributed by atoms with Crippen LogP contribution in [0, 0.1) is 5.92 Å². The Morgan fingerprint density at radius 1 is 1.35 bits per heavy atom. The van der Waals surface area contributed by atoms with Crippen LogP contribution < -0.4 is 10.5 Å². The second kappa shape index (κ2) is 8.64. The van der Waals surface area contributed by atoms with Gasteiger partial charge in [-0.25, -0.2) is 18.5 Å². The fraction of sp³-hybridized carbons (Fsp3) is 0.556. The second-order valence-electron chi connectivity index (χ2n) is 6.91. The molecule has 26 heavy (non-hydrogen) atoms. The van der Waals surface area contributed by atoms with Crippen molar-refractivity contribution in [3.8, 4) is 0 Å². The van der Waals surface area contributed by atoms with Gasteiger partial charge in [-0.3, -0.25) is 4.79 Å². The largest absolute Gasteiger partial charge is 0.356 e. The number of rotatable bonds is 9. The quantitative estimate of drug-likeness (QED) is 0.695. The lowest BCUT2D eigenvalue weighted by atomic mass is 10.1. The number of nitrogens with zero attached hydrogens (tertiary/aromatic N) is 2. The van der Waals surface area contributed by atoms with Crippen LogP contribution in [0.1, 0.15) is 45.9 Å². The van der Waals surface area contributed by atoms with Crippen molar-refractivity contribution in [3.63, 3.8) is 0 Å². The molecule has 0 radical (unpaired) electrons. The summed E-state index contributed by atoms with van der Waals surface area (Å²) in [6.45, 7) is 7.74. The van der Waals surface area contributed by atoms with Gasteiger partial charge in [0.05, 0.1) is 15.9 Å². The third kappa shape index (κ3) is 5.28. The summed E-state index contributed by atoms with van der Waals surface area (Å²) in [5, 5.41) is 8.13. The molecule has 0 spiro atoms. The molecule has 3 N–H and O–H groups in total. The van der Waals surface area contributed by atoms with E-state index in [1.807, 2.05) is 4.57 Å². The highest BCUT2D eigenvalue weighted by Crippen LogP contribution is 2.21. The highest BCUT2D eigenvalue weighted by atomic mass is 32.2. The lowest BCUT2D eigenvalue weighted by molar-refractivity contribution is -0.121. The highest BCUT2D eigenvalue weighted by molar-refractivity contribution is 7.89. The Kier molecular flexibility index (Phi) is 6.77. The van der Waals surface area contributed by atoms with E-state index < -0.39 is 10.0 Å². The molecule has 7 nitrogen and oxygen atoms in total. The molecule has 0 saturated carbocycles. The van der Waals surface area contributed by atoms with Crippen LogP contribution in [0.25, 0.3) is 11.0 Å². The molecule has 0 saturated heterocycles. The summed E-state index contributed by atoms with van der Waals surface area (Å²) in [7, 11) is -3.77. The maximum absolute atomic E-state index is 12.0. The Bertz CT molecular complexity index is 872. The van der Waals surface area contributed by atoms with Gasteiger partial charge in [-0.2, -0.15) is 0 Å². The zero-order valence-electron chi connectivity index (χ0n) is 15.7. The number of aromatic nitrogens is 2. The van der Waals surface area contributed by atoms with Gasteiger partial charge in [0.15, 0.2) is 0 Å². The van der Waals surface area contributed by atoms with Gasteiger partial charge in [0.2, 0.25) is 15.9 Å².